The quantitative estimate of drug-likeness (QED) is 0.239. The summed E-state index contributed by atoms with van der Waals surface area (Å²) in [5.74, 6) is -0.329. The van der Waals surface area contributed by atoms with Crippen molar-refractivity contribution < 1.29 is 34.4 Å². The fraction of sp³-hybridized carbons (Fsp3) is 0. The first-order chi connectivity index (χ1) is 4.84. The third-order valence-corrected chi connectivity index (χ3v) is 1.82. The summed E-state index contributed by atoms with van der Waals surface area (Å²) in [4.78, 5) is 11.3. The number of carbonyl (C=O) groups excluding carboxylic acids is 1. The number of thiophene rings is 1. The molecule has 0 spiro atoms. The number of nitrogens with zero attached hydrogens (tertiary/aromatic N) is 1. The average molecular weight is 177 g/mol. The third-order valence-electron chi connectivity index (χ3n) is 0.934. The smallest absolute Gasteiger partial charge is 0.792 e. The number of rotatable bonds is 2. The maximum atomic E-state index is 10.8. The second-order valence-electron chi connectivity index (χ2n) is 1.58. The summed E-state index contributed by atoms with van der Waals surface area (Å²) in [5.41, 5.74) is 0. The molecule has 0 aliphatic rings. The van der Waals surface area contributed by atoms with Crippen molar-refractivity contribution >= 4 is 23.3 Å². The van der Waals surface area contributed by atoms with E-state index in [1.54, 1.807) is 17.5 Å². The summed E-state index contributed by atoms with van der Waals surface area (Å²) in [6.07, 6.45) is 0.770. The second-order valence-corrected chi connectivity index (χ2v) is 2.52. The zero-order chi connectivity index (χ0) is 7.40. The Kier molecular flexibility index (Phi) is 5.41. The van der Waals surface area contributed by atoms with Crippen molar-refractivity contribution in [3.05, 3.63) is 27.6 Å². The maximum Gasteiger partial charge on any atom is 1.00 e. The summed E-state index contributed by atoms with van der Waals surface area (Å²) >= 11 is 1.29. The summed E-state index contributed by atoms with van der Waals surface area (Å²) in [6, 6.07) is 3.39. The van der Waals surface area contributed by atoms with Gasteiger partial charge in [0.05, 0.1) is 11.1 Å². The first kappa shape index (κ1) is 10.8. The largest absolute Gasteiger partial charge is 1.00 e. The number of ketones is 1. The topological polar surface area (TPSA) is 52.5 Å². The number of Topliss-reactive ketones (excluding diaryl/α,β-unsaturated/α-hetero) is 1. The van der Waals surface area contributed by atoms with Crippen LogP contribution in [0.2, 0.25) is 0 Å². The molecular weight excluding hydrogens is 173 g/mol. The van der Waals surface area contributed by atoms with E-state index in [2.05, 4.69) is 5.16 Å². The SMILES string of the molecule is O=C(C=N[O-])c1cccs1.[Na+]. The molecule has 0 bridgehead atoms. The van der Waals surface area contributed by atoms with E-state index >= 15 is 0 Å². The van der Waals surface area contributed by atoms with Crippen molar-refractivity contribution in [2.75, 3.05) is 0 Å². The fourth-order valence-electron chi connectivity index (χ4n) is 0.530. The second kappa shape index (κ2) is 5.49. The molecule has 0 N–H and O–H groups in total. The molecule has 52 valence electrons. The molecule has 5 heteroatoms. The van der Waals surface area contributed by atoms with E-state index in [9.17, 15) is 10.0 Å². The van der Waals surface area contributed by atoms with Gasteiger partial charge in [-0.15, -0.1) is 11.3 Å². The first-order valence-electron chi connectivity index (χ1n) is 2.58. The minimum atomic E-state index is -0.329. The van der Waals surface area contributed by atoms with Gasteiger partial charge in [0.2, 0.25) is 5.78 Å². The Hall–Kier alpha value is -0.160. The Morgan fingerprint density at radius 2 is 2.45 bits per heavy atom. The average Bonchev–Trinajstić information content (AvgIpc) is 2.38. The predicted molar refractivity (Wildman–Crippen MR) is 40.5 cm³/mol. The van der Waals surface area contributed by atoms with Crippen LogP contribution in [0.15, 0.2) is 22.7 Å². The molecule has 3 nitrogen and oxygen atoms in total. The summed E-state index contributed by atoms with van der Waals surface area (Å²) in [5, 5.41) is 13.7. The molecule has 0 saturated carbocycles. The van der Waals surface area contributed by atoms with Gasteiger partial charge in [0, 0.05) is 0 Å². The summed E-state index contributed by atoms with van der Waals surface area (Å²) in [6.45, 7) is 0. The van der Waals surface area contributed by atoms with Crippen molar-refractivity contribution in [1.29, 1.82) is 0 Å². The van der Waals surface area contributed by atoms with Gasteiger partial charge in [-0.1, -0.05) is 6.07 Å². The van der Waals surface area contributed by atoms with Crippen LogP contribution in [0.3, 0.4) is 0 Å². The van der Waals surface area contributed by atoms with Gasteiger partial charge < -0.3 is 10.4 Å². The minimum Gasteiger partial charge on any atom is -0.792 e. The van der Waals surface area contributed by atoms with Crippen LogP contribution in [0.25, 0.3) is 0 Å². The van der Waals surface area contributed by atoms with E-state index in [1.807, 2.05) is 0 Å². The van der Waals surface area contributed by atoms with E-state index < -0.39 is 0 Å². The summed E-state index contributed by atoms with van der Waals surface area (Å²) in [7, 11) is 0. The van der Waals surface area contributed by atoms with Crippen molar-refractivity contribution in [3.63, 3.8) is 0 Å². The number of hydrogen-bond donors (Lipinski definition) is 0. The van der Waals surface area contributed by atoms with Crippen LogP contribution in [0.5, 0.6) is 0 Å². The number of hydrogen-bond acceptors (Lipinski definition) is 4. The van der Waals surface area contributed by atoms with Crippen molar-refractivity contribution in [3.8, 4) is 0 Å². The molecule has 11 heavy (non-hydrogen) atoms. The predicted octanol–water partition coefficient (Wildman–Crippen LogP) is -1.50. The minimum absolute atomic E-state index is 0. The summed E-state index contributed by atoms with van der Waals surface area (Å²) < 4.78 is 0. The molecule has 0 aliphatic heterocycles. The Morgan fingerprint density at radius 3 is 2.91 bits per heavy atom. The maximum absolute atomic E-state index is 10.8. The first-order valence-corrected chi connectivity index (χ1v) is 3.46. The third kappa shape index (κ3) is 3.16. The standard InChI is InChI=1S/C6H5NO2S.Na/c8-5(4-7-9)6-2-1-3-10-6;/h1-4,9H;/q;+1/p-1. The van der Waals surface area contributed by atoms with Crippen LogP contribution in [-0.4, -0.2) is 12.0 Å². The Balaban J connectivity index is 0.000001000. The van der Waals surface area contributed by atoms with Crippen LogP contribution in [0.4, 0.5) is 0 Å². The molecule has 0 amide bonds. The molecule has 0 radical (unpaired) electrons. The van der Waals surface area contributed by atoms with Crippen LogP contribution in [0.1, 0.15) is 9.67 Å². The van der Waals surface area contributed by atoms with Gasteiger partial charge in [0.15, 0.2) is 0 Å². The van der Waals surface area contributed by atoms with Gasteiger partial charge in [-0.25, -0.2) is 0 Å². The zero-order valence-electron chi connectivity index (χ0n) is 5.98. The van der Waals surface area contributed by atoms with E-state index in [-0.39, 0.29) is 35.3 Å². The van der Waals surface area contributed by atoms with Crippen LogP contribution in [-0.2, 0) is 0 Å². The molecule has 0 aliphatic carbocycles. The molecule has 0 saturated heterocycles. The van der Waals surface area contributed by atoms with Gasteiger partial charge in [0.1, 0.15) is 0 Å². The van der Waals surface area contributed by atoms with Crippen molar-refractivity contribution in [1.82, 2.24) is 0 Å². The van der Waals surface area contributed by atoms with E-state index in [0.29, 0.717) is 4.88 Å². The molecule has 1 heterocycles. The zero-order valence-corrected chi connectivity index (χ0v) is 8.80. The molecule has 1 aromatic heterocycles. The van der Waals surface area contributed by atoms with Crippen molar-refractivity contribution in [2.24, 2.45) is 5.16 Å². The Labute approximate surface area is 90.0 Å². The molecule has 0 unspecified atom stereocenters. The molecule has 1 aromatic rings. The van der Waals surface area contributed by atoms with Crippen LogP contribution < -0.4 is 29.6 Å². The molecule has 0 aromatic carbocycles. The van der Waals surface area contributed by atoms with Crippen LogP contribution >= 0.6 is 11.3 Å². The van der Waals surface area contributed by atoms with E-state index in [4.69, 9.17) is 0 Å². The van der Waals surface area contributed by atoms with Crippen molar-refractivity contribution in [2.45, 2.75) is 0 Å². The van der Waals surface area contributed by atoms with Gasteiger partial charge in [-0.2, -0.15) is 0 Å². The molecule has 0 atom stereocenters. The van der Waals surface area contributed by atoms with Gasteiger partial charge in [0.25, 0.3) is 0 Å². The normalized spacial score (nSPS) is 9.45. The Bertz CT molecular complexity index is 245. The van der Waals surface area contributed by atoms with Gasteiger partial charge >= 0.3 is 29.6 Å². The fourth-order valence-corrected chi connectivity index (χ4v) is 1.16. The van der Waals surface area contributed by atoms with Crippen LogP contribution in [0, 0.1) is 5.21 Å². The van der Waals surface area contributed by atoms with Gasteiger partial charge in [-0.3, -0.25) is 4.79 Å². The number of carbonyl (C=O) groups is 1. The molecule has 0 fully saturated rings. The molecular formula is C6H4NNaO2S. The van der Waals surface area contributed by atoms with E-state index in [1.165, 1.54) is 11.3 Å². The Morgan fingerprint density at radius 1 is 1.73 bits per heavy atom. The molecule has 1 rings (SSSR count). The monoisotopic (exact) mass is 177 g/mol. The van der Waals surface area contributed by atoms with E-state index in [0.717, 1.165) is 6.21 Å². The van der Waals surface area contributed by atoms with Gasteiger partial charge in [-0.05, 0) is 11.4 Å².